The van der Waals surface area contributed by atoms with E-state index in [9.17, 15) is 9.59 Å². The Bertz CT molecular complexity index is 970. The van der Waals surface area contributed by atoms with E-state index in [4.69, 9.17) is 0 Å². The smallest absolute Gasteiger partial charge is 0.252 e. The topological polar surface area (TPSA) is 74.8 Å². The average Bonchev–Trinajstić information content (AvgIpc) is 2.62. The predicted octanol–water partition coefficient (Wildman–Crippen LogP) is 3.86. The summed E-state index contributed by atoms with van der Waals surface area (Å²) in [6.07, 6.45) is 0. The van der Waals surface area contributed by atoms with Gasteiger partial charge in [0.1, 0.15) is 0 Å². The van der Waals surface area contributed by atoms with Gasteiger partial charge in [-0.15, -0.1) is 0 Å². The second-order valence-electron chi connectivity index (χ2n) is 5.92. The lowest BCUT2D eigenvalue weighted by molar-refractivity contribution is -0.115. The number of aromatic amines is 1. The molecule has 6 heteroatoms. The Morgan fingerprint density at radius 1 is 1.12 bits per heavy atom. The number of aryl methyl sites for hydroxylation is 1. The van der Waals surface area contributed by atoms with Crippen molar-refractivity contribution in [1.29, 1.82) is 0 Å². The Morgan fingerprint density at radius 3 is 2.62 bits per heavy atom. The molecule has 5 nitrogen and oxygen atoms in total. The first kappa shape index (κ1) is 17.9. The molecule has 2 N–H and O–H groups in total. The molecule has 0 saturated heterocycles. The molecular weight excluding hydrogens is 346 g/mol. The molecule has 2 aromatic carbocycles. The van der Waals surface area contributed by atoms with Crippen LogP contribution in [-0.2, 0) is 4.79 Å². The fourth-order valence-corrected chi connectivity index (χ4v) is 3.25. The third kappa shape index (κ3) is 4.61. The van der Waals surface area contributed by atoms with Crippen LogP contribution in [0, 0.1) is 6.92 Å². The molecule has 3 rings (SSSR count). The van der Waals surface area contributed by atoms with Gasteiger partial charge in [0.15, 0.2) is 5.16 Å². The molecule has 1 atom stereocenters. The van der Waals surface area contributed by atoms with Crippen LogP contribution in [0.25, 0.3) is 11.3 Å². The Balaban J connectivity index is 1.74. The molecule has 0 aliphatic carbocycles. The molecule has 0 spiro atoms. The van der Waals surface area contributed by atoms with E-state index in [1.54, 1.807) is 6.92 Å². The zero-order valence-electron chi connectivity index (χ0n) is 14.5. The quantitative estimate of drug-likeness (QED) is 0.532. The number of benzene rings is 2. The number of aromatic nitrogens is 2. The summed E-state index contributed by atoms with van der Waals surface area (Å²) in [6.45, 7) is 3.75. The van der Waals surface area contributed by atoms with Gasteiger partial charge in [-0.2, -0.15) is 0 Å². The second kappa shape index (κ2) is 8.01. The Labute approximate surface area is 155 Å². The first-order valence-electron chi connectivity index (χ1n) is 8.22. The molecule has 0 unspecified atom stereocenters. The first-order valence-corrected chi connectivity index (χ1v) is 9.10. The molecule has 0 aliphatic heterocycles. The van der Waals surface area contributed by atoms with Gasteiger partial charge in [0, 0.05) is 17.3 Å². The van der Waals surface area contributed by atoms with Crippen LogP contribution < -0.4 is 10.9 Å². The van der Waals surface area contributed by atoms with Crippen molar-refractivity contribution in [3.63, 3.8) is 0 Å². The summed E-state index contributed by atoms with van der Waals surface area (Å²) in [5, 5.41) is 2.89. The van der Waals surface area contributed by atoms with Gasteiger partial charge in [-0.1, -0.05) is 54.2 Å². The van der Waals surface area contributed by atoms with Crippen molar-refractivity contribution in [2.45, 2.75) is 24.3 Å². The number of amides is 1. The van der Waals surface area contributed by atoms with Crippen molar-refractivity contribution < 1.29 is 4.79 Å². The van der Waals surface area contributed by atoms with Crippen molar-refractivity contribution in [3.05, 3.63) is 76.6 Å². The molecule has 1 heterocycles. The second-order valence-corrected chi connectivity index (χ2v) is 7.25. The number of nitrogens with zero attached hydrogens (tertiary/aromatic N) is 1. The van der Waals surface area contributed by atoms with E-state index < -0.39 is 5.25 Å². The van der Waals surface area contributed by atoms with Crippen molar-refractivity contribution in [2.24, 2.45) is 0 Å². The van der Waals surface area contributed by atoms with Crippen molar-refractivity contribution in [1.82, 2.24) is 9.97 Å². The van der Waals surface area contributed by atoms with Crippen LogP contribution in [0.2, 0.25) is 0 Å². The lowest BCUT2D eigenvalue weighted by atomic mass is 10.1. The number of hydrogen-bond acceptors (Lipinski definition) is 4. The van der Waals surface area contributed by atoms with Crippen LogP contribution in [0.1, 0.15) is 12.5 Å². The largest absolute Gasteiger partial charge is 0.325 e. The highest BCUT2D eigenvalue weighted by molar-refractivity contribution is 8.00. The number of anilines is 1. The zero-order valence-corrected chi connectivity index (χ0v) is 15.3. The standard InChI is InChI=1S/C20H19N3O2S/c1-13-7-6-10-16(11-13)21-19(25)14(2)26-20-22-17(12-18(24)23-20)15-8-4-3-5-9-15/h3-12,14H,1-2H3,(H,21,25)(H,22,23,24)/t14-/m1/s1. The van der Waals surface area contributed by atoms with Gasteiger partial charge in [-0.3, -0.25) is 9.59 Å². The highest BCUT2D eigenvalue weighted by atomic mass is 32.2. The molecule has 132 valence electrons. The van der Waals surface area contributed by atoms with E-state index in [0.29, 0.717) is 10.9 Å². The van der Waals surface area contributed by atoms with Crippen molar-refractivity contribution >= 4 is 23.4 Å². The van der Waals surface area contributed by atoms with E-state index in [-0.39, 0.29) is 11.5 Å². The summed E-state index contributed by atoms with van der Waals surface area (Å²) in [5.74, 6) is -0.145. The van der Waals surface area contributed by atoms with Crippen molar-refractivity contribution in [3.8, 4) is 11.3 Å². The van der Waals surface area contributed by atoms with Crippen LogP contribution in [0.15, 0.2) is 70.6 Å². The number of carbonyl (C=O) groups is 1. The molecule has 26 heavy (non-hydrogen) atoms. The van der Waals surface area contributed by atoms with Gasteiger partial charge in [0.2, 0.25) is 5.91 Å². The predicted molar refractivity (Wildman–Crippen MR) is 105 cm³/mol. The van der Waals surface area contributed by atoms with Gasteiger partial charge in [0.05, 0.1) is 10.9 Å². The van der Waals surface area contributed by atoms with Gasteiger partial charge in [0.25, 0.3) is 5.56 Å². The van der Waals surface area contributed by atoms with Gasteiger partial charge >= 0.3 is 0 Å². The lowest BCUT2D eigenvalue weighted by Crippen LogP contribution is -2.23. The molecule has 1 aromatic heterocycles. The number of H-pyrrole nitrogens is 1. The normalized spacial score (nSPS) is 11.8. The van der Waals surface area contributed by atoms with Crippen LogP contribution in [0.5, 0.6) is 0 Å². The third-order valence-electron chi connectivity index (χ3n) is 3.73. The van der Waals surface area contributed by atoms with E-state index in [1.807, 2.05) is 61.5 Å². The Hall–Kier alpha value is -2.86. The van der Waals surface area contributed by atoms with Crippen LogP contribution in [0.4, 0.5) is 5.69 Å². The van der Waals surface area contributed by atoms with Crippen LogP contribution in [0.3, 0.4) is 0 Å². The summed E-state index contributed by atoms with van der Waals surface area (Å²) in [7, 11) is 0. The summed E-state index contributed by atoms with van der Waals surface area (Å²) < 4.78 is 0. The van der Waals surface area contributed by atoms with Gasteiger partial charge in [-0.05, 0) is 31.5 Å². The minimum absolute atomic E-state index is 0.145. The number of rotatable bonds is 5. The summed E-state index contributed by atoms with van der Waals surface area (Å²) in [4.78, 5) is 31.5. The van der Waals surface area contributed by atoms with E-state index in [2.05, 4.69) is 15.3 Å². The molecule has 0 radical (unpaired) electrons. The summed E-state index contributed by atoms with van der Waals surface area (Å²) >= 11 is 1.22. The van der Waals surface area contributed by atoms with E-state index in [0.717, 1.165) is 16.8 Å². The highest BCUT2D eigenvalue weighted by Gasteiger charge is 2.17. The zero-order chi connectivity index (χ0) is 18.5. The summed E-state index contributed by atoms with van der Waals surface area (Å²) in [5.41, 5.74) is 3.03. The van der Waals surface area contributed by atoms with Crippen molar-refractivity contribution in [2.75, 3.05) is 5.32 Å². The highest BCUT2D eigenvalue weighted by Crippen LogP contribution is 2.23. The van der Waals surface area contributed by atoms with E-state index >= 15 is 0 Å². The monoisotopic (exact) mass is 365 g/mol. The minimum atomic E-state index is -0.412. The summed E-state index contributed by atoms with van der Waals surface area (Å²) in [6, 6.07) is 18.5. The molecular formula is C20H19N3O2S. The molecule has 0 bridgehead atoms. The number of nitrogens with one attached hydrogen (secondary N) is 2. The number of hydrogen-bond donors (Lipinski definition) is 2. The maximum Gasteiger partial charge on any atom is 0.252 e. The Morgan fingerprint density at radius 2 is 1.88 bits per heavy atom. The average molecular weight is 365 g/mol. The van der Waals surface area contributed by atoms with E-state index in [1.165, 1.54) is 17.8 Å². The molecule has 3 aromatic rings. The number of thioether (sulfide) groups is 1. The fourth-order valence-electron chi connectivity index (χ4n) is 2.44. The van der Waals surface area contributed by atoms with Crippen LogP contribution >= 0.6 is 11.8 Å². The lowest BCUT2D eigenvalue weighted by Gasteiger charge is -2.12. The SMILES string of the molecule is Cc1cccc(NC(=O)[C@@H](C)Sc2nc(-c3ccccc3)cc(=O)[nH]2)c1. The van der Waals surface area contributed by atoms with Gasteiger partial charge in [-0.25, -0.2) is 4.98 Å². The first-order chi connectivity index (χ1) is 12.5. The maximum atomic E-state index is 12.4. The number of carbonyl (C=O) groups excluding carboxylic acids is 1. The van der Waals surface area contributed by atoms with Crippen LogP contribution in [-0.4, -0.2) is 21.1 Å². The molecule has 0 saturated carbocycles. The molecule has 0 fully saturated rings. The fraction of sp³-hybridized carbons (Fsp3) is 0.150. The minimum Gasteiger partial charge on any atom is -0.325 e. The molecule has 0 aliphatic rings. The van der Waals surface area contributed by atoms with Gasteiger partial charge < -0.3 is 10.3 Å². The Kier molecular flexibility index (Phi) is 5.53. The maximum absolute atomic E-state index is 12.4. The molecule has 1 amide bonds. The third-order valence-corrected chi connectivity index (χ3v) is 4.72.